The molecule has 4 heteroatoms. The van der Waals surface area contributed by atoms with E-state index in [1.165, 1.54) is 0 Å². The molecule has 0 bridgehead atoms. The van der Waals surface area contributed by atoms with Crippen LogP contribution < -0.4 is 0 Å². The number of hydrogen-bond donors (Lipinski definition) is 1. The lowest BCUT2D eigenvalue weighted by molar-refractivity contribution is -0.139. The molecule has 0 amide bonds. The second kappa shape index (κ2) is 4.02. The zero-order valence-electron chi connectivity index (χ0n) is 10.1. The maximum absolute atomic E-state index is 11.4. The van der Waals surface area contributed by atoms with Gasteiger partial charge in [-0.1, -0.05) is 11.6 Å². The van der Waals surface area contributed by atoms with Gasteiger partial charge in [-0.25, -0.2) is 0 Å². The van der Waals surface area contributed by atoms with Crippen molar-refractivity contribution >= 4 is 28.5 Å². The molecule has 2 aromatic rings. The first-order valence-corrected chi connectivity index (χ1v) is 6.47. The fraction of sp³-hybridized carbons (Fsp3) is 0.357. The summed E-state index contributed by atoms with van der Waals surface area (Å²) in [5.74, 6) is -1.13. The molecule has 3 nitrogen and oxygen atoms in total. The van der Waals surface area contributed by atoms with E-state index in [-0.39, 0.29) is 0 Å². The maximum Gasteiger partial charge on any atom is 0.311 e. The minimum Gasteiger partial charge on any atom is -0.481 e. The Bertz CT molecular complexity index is 645. The van der Waals surface area contributed by atoms with Gasteiger partial charge in [-0.15, -0.1) is 0 Å². The van der Waals surface area contributed by atoms with Crippen molar-refractivity contribution in [2.75, 3.05) is 0 Å². The summed E-state index contributed by atoms with van der Waals surface area (Å²) in [6.07, 6.45) is 2.59. The van der Waals surface area contributed by atoms with E-state index in [1.54, 1.807) is 0 Å². The van der Waals surface area contributed by atoms with E-state index in [0.717, 1.165) is 35.0 Å². The van der Waals surface area contributed by atoms with Gasteiger partial charge in [0.05, 0.1) is 5.92 Å². The van der Waals surface area contributed by atoms with E-state index in [9.17, 15) is 9.90 Å². The number of halogens is 1. The fourth-order valence-corrected chi connectivity index (χ4v) is 3.23. The number of hydrogen-bond acceptors (Lipinski definition) is 1. The summed E-state index contributed by atoms with van der Waals surface area (Å²) in [5, 5.41) is 11.0. The number of rotatable bonds is 1. The molecule has 1 heterocycles. The summed E-state index contributed by atoms with van der Waals surface area (Å²) >= 11 is 6.04. The number of aliphatic carboxylic acids is 1. The van der Waals surface area contributed by atoms with Crippen LogP contribution in [0.1, 0.15) is 30.0 Å². The van der Waals surface area contributed by atoms with Gasteiger partial charge in [0.1, 0.15) is 0 Å². The van der Waals surface area contributed by atoms with Crippen molar-refractivity contribution < 1.29 is 9.90 Å². The third-order valence-corrected chi connectivity index (χ3v) is 4.11. The lowest BCUT2D eigenvalue weighted by Crippen LogP contribution is -2.18. The molecule has 1 N–H and O–H groups in total. The Hall–Kier alpha value is -1.48. The smallest absolute Gasteiger partial charge is 0.311 e. The second-order valence-electron chi connectivity index (χ2n) is 4.86. The first-order chi connectivity index (χ1) is 8.59. The predicted molar refractivity (Wildman–Crippen MR) is 71.2 cm³/mol. The van der Waals surface area contributed by atoms with E-state index < -0.39 is 11.9 Å². The van der Waals surface area contributed by atoms with Crippen LogP contribution >= 0.6 is 11.6 Å². The highest BCUT2D eigenvalue weighted by Gasteiger charge is 2.31. The Kier molecular flexibility index (Phi) is 2.59. The molecule has 0 aliphatic heterocycles. The average Bonchev–Trinajstić information content (AvgIpc) is 2.63. The van der Waals surface area contributed by atoms with Crippen molar-refractivity contribution in [3.8, 4) is 0 Å². The maximum atomic E-state index is 11.4. The van der Waals surface area contributed by atoms with E-state index in [2.05, 4.69) is 4.57 Å². The summed E-state index contributed by atoms with van der Waals surface area (Å²) in [6, 6.07) is 5.71. The molecule has 0 fully saturated rings. The largest absolute Gasteiger partial charge is 0.481 e. The normalized spacial score (nSPS) is 18.9. The third-order valence-electron chi connectivity index (χ3n) is 3.88. The van der Waals surface area contributed by atoms with Gasteiger partial charge in [0.15, 0.2) is 0 Å². The molecule has 0 spiro atoms. The molecule has 0 radical (unpaired) electrons. The van der Waals surface area contributed by atoms with E-state index >= 15 is 0 Å². The highest BCUT2D eigenvalue weighted by atomic mass is 35.5. The van der Waals surface area contributed by atoms with Crippen LogP contribution in [0.15, 0.2) is 18.2 Å². The second-order valence-corrected chi connectivity index (χ2v) is 5.30. The van der Waals surface area contributed by atoms with Crippen LogP contribution in [0.25, 0.3) is 10.9 Å². The zero-order chi connectivity index (χ0) is 12.9. The van der Waals surface area contributed by atoms with E-state index in [0.29, 0.717) is 11.4 Å². The first-order valence-electron chi connectivity index (χ1n) is 6.09. The lowest BCUT2D eigenvalue weighted by atomic mass is 9.85. The van der Waals surface area contributed by atoms with E-state index in [1.807, 2.05) is 25.2 Å². The predicted octanol–water partition coefficient (Wildman–Crippen LogP) is 3.34. The van der Waals surface area contributed by atoms with Gasteiger partial charge in [0.2, 0.25) is 0 Å². The number of nitrogens with zero attached hydrogens (tertiary/aromatic N) is 1. The molecule has 0 saturated heterocycles. The van der Waals surface area contributed by atoms with Crippen molar-refractivity contribution in [1.82, 2.24) is 4.57 Å². The Morgan fingerprint density at radius 2 is 2.28 bits per heavy atom. The average molecular weight is 264 g/mol. The van der Waals surface area contributed by atoms with E-state index in [4.69, 9.17) is 11.6 Å². The summed E-state index contributed by atoms with van der Waals surface area (Å²) in [4.78, 5) is 11.4. The van der Waals surface area contributed by atoms with Crippen molar-refractivity contribution in [3.05, 3.63) is 34.5 Å². The molecule has 1 aromatic carbocycles. The van der Waals surface area contributed by atoms with Crippen LogP contribution in [0.3, 0.4) is 0 Å². The number of carboxylic acids is 1. The molecule has 1 aliphatic rings. The number of aromatic nitrogens is 1. The highest BCUT2D eigenvalue weighted by molar-refractivity contribution is 6.31. The summed E-state index contributed by atoms with van der Waals surface area (Å²) in [5.41, 5.74) is 3.18. The Morgan fingerprint density at radius 3 is 3.00 bits per heavy atom. The Morgan fingerprint density at radius 1 is 1.50 bits per heavy atom. The molecule has 18 heavy (non-hydrogen) atoms. The SMILES string of the molecule is Cn1c2c(c3cc(Cl)ccc31)C(C(=O)O)CCC2. The number of carboxylic acid groups (broad SMARTS) is 1. The van der Waals surface area contributed by atoms with Gasteiger partial charge in [0.25, 0.3) is 0 Å². The van der Waals surface area contributed by atoms with Crippen molar-refractivity contribution in [2.24, 2.45) is 7.05 Å². The quantitative estimate of drug-likeness (QED) is 0.857. The molecule has 0 saturated carbocycles. The topological polar surface area (TPSA) is 42.2 Å². The molecular formula is C14H14ClNO2. The standard InChI is InChI=1S/C14H14ClNO2/c1-16-11-6-5-8(15)7-10(11)13-9(14(17)18)3-2-4-12(13)16/h5-7,9H,2-4H2,1H3,(H,17,18). The van der Waals surface area contributed by atoms with Crippen LogP contribution in [-0.4, -0.2) is 15.6 Å². The van der Waals surface area contributed by atoms with Crippen molar-refractivity contribution in [3.63, 3.8) is 0 Å². The van der Waals surface area contributed by atoms with Crippen molar-refractivity contribution in [2.45, 2.75) is 25.2 Å². The molecule has 94 valence electrons. The summed E-state index contributed by atoms with van der Waals surface area (Å²) in [7, 11) is 2.00. The minimum absolute atomic E-state index is 0.393. The van der Waals surface area contributed by atoms with Gasteiger partial charge in [-0.3, -0.25) is 4.79 Å². The van der Waals surface area contributed by atoms with Crippen LogP contribution in [-0.2, 0) is 18.3 Å². The zero-order valence-corrected chi connectivity index (χ0v) is 10.9. The van der Waals surface area contributed by atoms with Crippen LogP contribution in [0.5, 0.6) is 0 Å². The van der Waals surface area contributed by atoms with Gasteiger partial charge in [0, 0.05) is 28.7 Å². The van der Waals surface area contributed by atoms with Crippen LogP contribution in [0.4, 0.5) is 0 Å². The first kappa shape index (κ1) is 11.6. The number of benzene rings is 1. The van der Waals surface area contributed by atoms with Crippen molar-refractivity contribution in [1.29, 1.82) is 0 Å². The van der Waals surface area contributed by atoms with Crippen LogP contribution in [0, 0.1) is 0 Å². The van der Waals surface area contributed by atoms with Gasteiger partial charge >= 0.3 is 5.97 Å². The highest BCUT2D eigenvalue weighted by Crippen LogP contribution is 2.39. The molecule has 1 unspecified atom stereocenters. The number of fused-ring (bicyclic) bond motifs is 3. The molecule has 1 atom stereocenters. The van der Waals surface area contributed by atoms with Crippen LogP contribution in [0.2, 0.25) is 5.02 Å². The monoisotopic (exact) mass is 263 g/mol. The molecule has 1 aliphatic carbocycles. The van der Waals surface area contributed by atoms with Gasteiger partial charge in [-0.2, -0.15) is 0 Å². The number of aryl methyl sites for hydroxylation is 1. The third kappa shape index (κ3) is 1.54. The summed E-state index contributed by atoms with van der Waals surface area (Å²) in [6.45, 7) is 0. The number of carbonyl (C=O) groups is 1. The Balaban J connectivity index is 2.36. The molecule has 1 aromatic heterocycles. The lowest BCUT2D eigenvalue weighted by Gasteiger charge is -2.20. The van der Waals surface area contributed by atoms with Gasteiger partial charge in [-0.05, 0) is 43.0 Å². The summed E-state index contributed by atoms with van der Waals surface area (Å²) < 4.78 is 2.11. The molecular weight excluding hydrogens is 250 g/mol. The Labute approximate surface area is 110 Å². The minimum atomic E-state index is -0.733. The fourth-order valence-electron chi connectivity index (χ4n) is 3.05. The van der Waals surface area contributed by atoms with Gasteiger partial charge < -0.3 is 9.67 Å². The molecule has 3 rings (SSSR count).